The number of benzene rings is 1. The molecule has 1 aromatic rings. The number of nitrogens with one attached hydrogen (secondary N) is 2. The average Bonchev–Trinajstić information content (AvgIpc) is 2.38. The smallest absolute Gasteiger partial charge is 0.241 e. The van der Waals surface area contributed by atoms with Crippen LogP contribution in [-0.4, -0.2) is 26.9 Å². The number of likely N-dealkylation sites (N-methyl/N-ethyl adjacent to an activating group) is 1. The SMILES string of the molecule is CCNC(=O)C(C)NS(=O)(=O)c1cc(N)ccc1CC. The molecule has 1 rings (SSSR count). The molecule has 20 heavy (non-hydrogen) atoms. The molecule has 4 N–H and O–H groups in total. The van der Waals surface area contributed by atoms with Gasteiger partial charge >= 0.3 is 0 Å². The maximum atomic E-state index is 12.3. The Labute approximate surface area is 119 Å². The summed E-state index contributed by atoms with van der Waals surface area (Å²) >= 11 is 0. The zero-order chi connectivity index (χ0) is 15.3. The molecule has 0 saturated carbocycles. The molecule has 0 saturated heterocycles. The fourth-order valence-electron chi connectivity index (χ4n) is 1.79. The van der Waals surface area contributed by atoms with Crippen molar-refractivity contribution in [2.24, 2.45) is 0 Å². The number of nitrogens with two attached hydrogens (primary N) is 1. The highest BCUT2D eigenvalue weighted by atomic mass is 32.2. The van der Waals surface area contributed by atoms with Gasteiger partial charge in [0, 0.05) is 12.2 Å². The van der Waals surface area contributed by atoms with Crippen molar-refractivity contribution >= 4 is 21.6 Å². The minimum atomic E-state index is -3.78. The van der Waals surface area contributed by atoms with Crippen LogP contribution < -0.4 is 15.8 Å². The van der Waals surface area contributed by atoms with Gasteiger partial charge in [-0.25, -0.2) is 8.42 Å². The van der Waals surface area contributed by atoms with E-state index in [9.17, 15) is 13.2 Å². The van der Waals surface area contributed by atoms with Crippen LogP contribution in [-0.2, 0) is 21.2 Å². The highest BCUT2D eigenvalue weighted by Crippen LogP contribution is 2.19. The summed E-state index contributed by atoms with van der Waals surface area (Å²) in [4.78, 5) is 11.7. The molecule has 0 aliphatic carbocycles. The summed E-state index contributed by atoms with van der Waals surface area (Å²) in [6.45, 7) is 5.58. The van der Waals surface area contributed by atoms with Gasteiger partial charge in [0.25, 0.3) is 0 Å². The molecule has 0 spiro atoms. The van der Waals surface area contributed by atoms with Crippen LogP contribution in [0.1, 0.15) is 26.3 Å². The molecular formula is C13H21N3O3S. The van der Waals surface area contributed by atoms with E-state index >= 15 is 0 Å². The lowest BCUT2D eigenvalue weighted by Gasteiger charge is -2.16. The molecule has 1 atom stereocenters. The molecule has 0 radical (unpaired) electrons. The fraction of sp³-hybridized carbons (Fsp3) is 0.462. The molecule has 0 aromatic heterocycles. The number of carbonyl (C=O) groups is 1. The van der Waals surface area contributed by atoms with Crippen LogP contribution in [0.2, 0.25) is 0 Å². The summed E-state index contributed by atoms with van der Waals surface area (Å²) in [5, 5.41) is 2.57. The van der Waals surface area contributed by atoms with E-state index < -0.39 is 16.1 Å². The standard InChI is InChI=1S/C13H21N3O3S/c1-4-10-6-7-11(14)8-12(10)20(18,19)16-9(3)13(17)15-5-2/h6-9,16H,4-5,14H2,1-3H3,(H,15,17). The molecule has 112 valence electrons. The van der Waals surface area contributed by atoms with Crippen LogP contribution in [0.5, 0.6) is 0 Å². The molecule has 1 aromatic carbocycles. The lowest BCUT2D eigenvalue weighted by Crippen LogP contribution is -2.44. The van der Waals surface area contributed by atoms with Gasteiger partial charge in [-0.05, 0) is 38.0 Å². The van der Waals surface area contributed by atoms with E-state index in [2.05, 4.69) is 10.0 Å². The highest BCUT2D eigenvalue weighted by molar-refractivity contribution is 7.89. The Kier molecular flexibility index (Phi) is 5.52. The summed E-state index contributed by atoms with van der Waals surface area (Å²) in [6, 6.07) is 3.91. The van der Waals surface area contributed by atoms with Crippen LogP contribution in [0.15, 0.2) is 23.1 Å². The molecule has 0 aliphatic heterocycles. The van der Waals surface area contributed by atoms with Crippen LogP contribution in [0.3, 0.4) is 0 Å². The van der Waals surface area contributed by atoms with Gasteiger partial charge in [-0.1, -0.05) is 13.0 Å². The number of carbonyl (C=O) groups excluding carboxylic acids is 1. The van der Waals surface area contributed by atoms with Crippen molar-refractivity contribution in [2.75, 3.05) is 12.3 Å². The zero-order valence-corrected chi connectivity index (χ0v) is 12.8. The first kappa shape index (κ1) is 16.5. The predicted octanol–water partition coefficient (Wildman–Crippen LogP) is 0.634. The van der Waals surface area contributed by atoms with Crippen molar-refractivity contribution in [2.45, 2.75) is 38.1 Å². The van der Waals surface area contributed by atoms with Gasteiger partial charge in [-0.15, -0.1) is 0 Å². The van der Waals surface area contributed by atoms with Crippen molar-refractivity contribution in [3.63, 3.8) is 0 Å². The molecule has 0 bridgehead atoms. The highest BCUT2D eigenvalue weighted by Gasteiger charge is 2.23. The number of hydrogen-bond acceptors (Lipinski definition) is 4. The normalized spacial score (nSPS) is 12.9. The van der Waals surface area contributed by atoms with Gasteiger partial charge in [-0.2, -0.15) is 4.72 Å². The summed E-state index contributed by atoms with van der Waals surface area (Å²) in [5.74, 6) is -0.363. The van der Waals surface area contributed by atoms with Crippen LogP contribution >= 0.6 is 0 Å². The van der Waals surface area contributed by atoms with E-state index in [1.165, 1.54) is 13.0 Å². The Hall–Kier alpha value is -1.60. The van der Waals surface area contributed by atoms with E-state index in [0.717, 1.165) is 0 Å². The van der Waals surface area contributed by atoms with E-state index in [1.807, 2.05) is 6.92 Å². The third kappa shape index (κ3) is 3.94. The van der Waals surface area contributed by atoms with Gasteiger partial charge in [-0.3, -0.25) is 4.79 Å². The summed E-state index contributed by atoms with van der Waals surface area (Å²) in [5.41, 5.74) is 6.68. The molecule has 0 fully saturated rings. The van der Waals surface area contributed by atoms with E-state index in [-0.39, 0.29) is 10.8 Å². The van der Waals surface area contributed by atoms with Crippen LogP contribution in [0.25, 0.3) is 0 Å². The first-order valence-electron chi connectivity index (χ1n) is 6.50. The molecule has 1 unspecified atom stereocenters. The third-order valence-electron chi connectivity index (χ3n) is 2.84. The predicted molar refractivity (Wildman–Crippen MR) is 78.7 cm³/mol. The number of rotatable bonds is 6. The van der Waals surface area contributed by atoms with Gasteiger partial charge in [0.15, 0.2) is 0 Å². The van der Waals surface area contributed by atoms with Crippen molar-refractivity contribution in [1.29, 1.82) is 0 Å². The monoisotopic (exact) mass is 299 g/mol. The van der Waals surface area contributed by atoms with Crippen LogP contribution in [0, 0.1) is 0 Å². The number of nitrogen functional groups attached to an aromatic ring is 1. The molecule has 1 amide bonds. The second-order valence-corrected chi connectivity index (χ2v) is 6.14. The second kappa shape index (κ2) is 6.71. The largest absolute Gasteiger partial charge is 0.399 e. The number of anilines is 1. The maximum Gasteiger partial charge on any atom is 0.241 e. The Bertz CT molecular complexity index is 585. The third-order valence-corrected chi connectivity index (χ3v) is 4.46. The van der Waals surface area contributed by atoms with Crippen molar-refractivity contribution in [1.82, 2.24) is 10.0 Å². The first-order chi connectivity index (χ1) is 9.31. The van der Waals surface area contributed by atoms with Crippen molar-refractivity contribution < 1.29 is 13.2 Å². The van der Waals surface area contributed by atoms with E-state index in [1.54, 1.807) is 19.1 Å². The lowest BCUT2D eigenvalue weighted by atomic mass is 10.1. The molecule has 6 nitrogen and oxygen atoms in total. The zero-order valence-electron chi connectivity index (χ0n) is 11.9. The number of sulfonamides is 1. The van der Waals surface area contributed by atoms with Crippen LogP contribution in [0.4, 0.5) is 5.69 Å². The minimum absolute atomic E-state index is 0.121. The van der Waals surface area contributed by atoms with Gasteiger partial charge in [0.2, 0.25) is 15.9 Å². The Balaban J connectivity index is 3.05. The molecule has 0 aliphatic rings. The Morgan fingerprint density at radius 2 is 2.00 bits per heavy atom. The second-order valence-electron chi connectivity index (χ2n) is 4.46. The molecule has 7 heteroatoms. The molecular weight excluding hydrogens is 278 g/mol. The van der Waals surface area contributed by atoms with Crippen molar-refractivity contribution in [3.05, 3.63) is 23.8 Å². The summed E-state index contributed by atoms with van der Waals surface area (Å²) in [7, 11) is -3.78. The topological polar surface area (TPSA) is 101 Å². The Morgan fingerprint density at radius 1 is 1.35 bits per heavy atom. The minimum Gasteiger partial charge on any atom is -0.399 e. The first-order valence-corrected chi connectivity index (χ1v) is 7.98. The number of amides is 1. The quantitative estimate of drug-likeness (QED) is 0.671. The van der Waals surface area contributed by atoms with E-state index in [4.69, 9.17) is 5.73 Å². The number of aryl methyl sites for hydroxylation is 1. The number of hydrogen-bond donors (Lipinski definition) is 3. The fourth-order valence-corrected chi connectivity index (χ4v) is 3.34. The summed E-state index contributed by atoms with van der Waals surface area (Å²) < 4.78 is 27.0. The maximum absolute atomic E-state index is 12.3. The molecule has 0 heterocycles. The Morgan fingerprint density at radius 3 is 2.55 bits per heavy atom. The van der Waals surface area contributed by atoms with Gasteiger partial charge < -0.3 is 11.1 Å². The van der Waals surface area contributed by atoms with Crippen molar-refractivity contribution in [3.8, 4) is 0 Å². The van der Waals surface area contributed by atoms with Gasteiger partial charge in [0.05, 0.1) is 10.9 Å². The van der Waals surface area contributed by atoms with E-state index in [0.29, 0.717) is 24.2 Å². The lowest BCUT2D eigenvalue weighted by molar-refractivity contribution is -0.122. The summed E-state index contributed by atoms with van der Waals surface area (Å²) in [6.07, 6.45) is 0.562. The average molecular weight is 299 g/mol. The van der Waals surface area contributed by atoms with Gasteiger partial charge in [0.1, 0.15) is 0 Å².